The van der Waals surface area contributed by atoms with E-state index < -0.39 is 17.0 Å². The van der Waals surface area contributed by atoms with Crippen LogP contribution in [-0.4, -0.2) is 47.4 Å². The quantitative estimate of drug-likeness (QED) is 0.698. The third kappa shape index (κ3) is 1.45. The minimum atomic E-state index is -0.918. The molecule has 0 aromatic heterocycles. The molecular weight excluding hydrogens is 244 g/mol. The van der Waals surface area contributed by atoms with Crippen molar-refractivity contribution in [2.45, 2.75) is 55.2 Å². The summed E-state index contributed by atoms with van der Waals surface area (Å²) < 4.78 is 22.5. The lowest BCUT2D eigenvalue weighted by atomic mass is 10.0. The standard InChI is InChI=1S/C11H16O5S/c1-5-7(12)11(17-5)8-6(9(13-4)16-11)14-10(2,3)15-8/h5-6,8-9H,1-4H3/t5?,6?,8?,9?,11-/m1/s1. The summed E-state index contributed by atoms with van der Waals surface area (Å²) in [5.41, 5.74) is 0. The third-order valence-corrected chi connectivity index (χ3v) is 4.81. The zero-order valence-electron chi connectivity index (χ0n) is 10.3. The van der Waals surface area contributed by atoms with Gasteiger partial charge in [-0.05, 0) is 20.8 Å². The maximum absolute atomic E-state index is 12.1. The van der Waals surface area contributed by atoms with Gasteiger partial charge in [-0.25, -0.2) is 0 Å². The molecule has 3 aliphatic rings. The van der Waals surface area contributed by atoms with E-state index in [4.69, 9.17) is 18.9 Å². The molecule has 0 saturated carbocycles. The van der Waals surface area contributed by atoms with Crippen molar-refractivity contribution >= 4 is 17.5 Å². The van der Waals surface area contributed by atoms with E-state index in [1.54, 1.807) is 7.11 Å². The second kappa shape index (κ2) is 3.45. The molecule has 0 radical (unpaired) electrons. The molecule has 3 aliphatic heterocycles. The summed E-state index contributed by atoms with van der Waals surface area (Å²) in [6.07, 6.45) is -1.25. The number of Topliss-reactive ketones (excluding diaryl/α,β-unsaturated/α-hetero) is 1. The van der Waals surface area contributed by atoms with E-state index in [9.17, 15) is 4.79 Å². The molecule has 0 N–H and O–H groups in total. The van der Waals surface area contributed by atoms with E-state index in [0.717, 1.165) is 0 Å². The van der Waals surface area contributed by atoms with Crippen LogP contribution in [0.5, 0.6) is 0 Å². The fourth-order valence-electron chi connectivity index (χ4n) is 2.66. The number of carbonyl (C=O) groups is 1. The van der Waals surface area contributed by atoms with Gasteiger partial charge in [0.05, 0.1) is 5.25 Å². The number of rotatable bonds is 1. The van der Waals surface area contributed by atoms with Gasteiger partial charge in [0.25, 0.3) is 0 Å². The second-order valence-electron chi connectivity index (χ2n) is 5.03. The molecule has 0 bridgehead atoms. The molecule has 1 spiro atoms. The summed E-state index contributed by atoms with van der Waals surface area (Å²) in [6, 6.07) is 0. The Balaban J connectivity index is 1.91. The first-order valence-corrected chi connectivity index (χ1v) is 6.56. The van der Waals surface area contributed by atoms with Crippen LogP contribution >= 0.6 is 11.8 Å². The summed E-state index contributed by atoms with van der Waals surface area (Å²) >= 11 is 1.49. The van der Waals surface area contributed by atoms with E-state index in [2.05, 4.69) is 0 Å². The molecule has 0 aromatic rings. The van der Waals surface area contributed by atoms with Crippen molar-refractivity contribution in [1.29, 1.82) is 0 Å². The van der Waals surface area contributed by atoms with Crippen LogP contribution in [0.25, 0.3) is 0 Å². The van der Waals surface area contributed by atoms with E-state index >= 15 is 0 Å². The maximum Gasteiger partial charge on any atom is 0.206 e. The molecule has 0 aliphatic carbocycles. The van der Waals surface area contributed by atoms with Crippen LogP contribution in [0.1, 0.15) is 20.8 Å². The van der Waals surface area contributed by atoms with Crippen LogP contribution in [-0.2, 0) is 23.7 Å². The van der Waals surface area contributed by atoms with Crippen molar-refractivity contribution in [3.8, 4) is 0 Å². The first-order valence-electron chi connectivity index (χ1n) is 5.68. The van der Waals surface area contributed by atoms with Crippen molar-refractivity contribution in [3.05, 3.63) is 0 Å². The lowest BCUT2D eigenvalue weighted by Crippen LogP contribution is -2.59. The van der Waals surface area contributed by atoms with Gasteiger partial charge >= 0.3 is 0 Å². The molecule has 5 nitrogen and oxygen atoms in total. The first kappa shape index (κ1) is 11.9. The lowest BCUT2D eigenvalue weighted by molar-refractivity contribution is -0.232. The predicted octanol–water partition coefficient (Wildman–Crippen LogP) is 0.910. The van der Waals surface area contributed by atoms with E-state index in [-0.39, 0.29) is 23.2 Å². The molecule has 3 saturated heterocycles. The molecule has 0 aromatic carbocycles. The minimum absolute atomic E-state index is 0.0430. The first-order chi connectivity index (χ1) is 7.89. The molecule has 17 heavy (non-hydrogen) atoms. The van der Waals surface area contributed by atoms with Crippen LogP contribution in [0.3, 0.4) is 0 Å². The van der Waals surface area contributed by atoms with Gasteiger partial charge in [-0.3, -0.25) is 4.79 Å². The van der Waals surface area contributed by atoms with Gasteiger partial charge in [-0.15, -0.1) is 11.8 Å². The van der Waals surface area contributed by atoms with Crippen molar-refractivity contribution in [2.24, 2.45) is 0 Å². The van der Waals surface area contributed by atoms with Gasteiger partial charge in [0.15, 0.2) is 17.9 Å². The van der Waals surface area contributed by atoms with E-state index in [1.165, 1.54) is 11.8 Å². The maximum atomic E-state index is 12.1. The minimum Gasteiger partial charge on any atom is -0.353 e. The van der Waals surface area contributed by atoms with Gasteiger partial charge < -0.3 is 18.9 Å². The van der Waals surface area contributed by atoms with Crippen molar-refractivity contribution in [1.82, 2.24) is 0 Å². The summed E-state index contributed by atoms with van der Waals surface area (Å²) in [4.78, 5) is 11.1. The van der Waals surface area contributed by atoms with Gasteiger partial charge in [-0.1, -0.05) is 0 Å². The number of ether oxygens (including phenoxy) is 4. The highest BCUT2D eigenvalue weighted by Crippen LogP contribution is 2.57. The summed E-state index contributed by atoms with van der Waals surface area (Å²) in [5.74, 6) is -0.624. The highest BCUT2D eigenvalue weighted by molar-refractivity contribution is 8.05. The molecule has 4 unspecified atom stereocenters. The number of hydrogen-bond donors (Lipinski definition) is 0. The van der Waals surface area contributed by atoms with Gasteiger partial charge in [0.2, 0.25) is 4.93 Å². The second-order valence-corrected chi connectivity index (χ2v) is 6.58. The van der Waals surface area contributed by atoms with Crippen LogP contribution < -0.4 is 0 Å². The lowest BCUT2D eigenvalue weighted by Gasteiger charge is -2.42. The number of fused-ring (bicyclic) bond motifs is 2. The monoisotopic (exact) mass is 260 g/mol. The number of methoxy groups -OCH3 is 1. The average Bonchev–Trinajstić information content (AvgIpc) is 2.72. The van der Waals surface area contributed by atoms with Crippen molar-refractivity contribution < 1.29 is 23.7 Å². The van der Waals surface area contributed by atoms with E-state index in [1.807, 2.05) is 20.8 Å². The molecule has 3 rings (SSSR count). The van der Waals surface area contributed by atoms with Crippen LogP contribution in [0.2, 0.25) is 0 Å². The fraction of sp³-hybridized carbons (Fsp3) is 0.909. The zero-order valence-corrected chi connectivity index (χ0v) is 11.1. The summed E-state index contributed by atoms with van der Waals surface area (Å²) in [6.45, 7) is 5.55. The Kier molecular flexibility index (Phi) is 2.42. The Hall–Kier alpha value is -0.140. The Morgan fingerprint density at radius 1 is 1.29 bits per heavy atom. The predicted molar refractivity (Wildman–Crippen MR) is 60.5 cm³/mol. The molecule has 96 valence electrons. The Labute approximate surface area is 104 Å². The normalized spacial score (nSPS) is 51.6. The number of hydrogen-bond acceptors (Lipinski definition) is 6. The average molecular weight is 260 g/mol. The van der Waals surface area contributed by atoms with Gasteiger partial charge in [0.1, 0.15) is 12.2 Å². The van der Waals surface area contributed by atoms with E-state index in [0.29, 0.717) is 0 Å². The summed E-state index contributed by atoms with van der Waals surface area (Å²) in [7, 11) is 1.55. The molecule has 3 heterocycles. The van der Waals surface area contributed by atoms with Crippen molar-refractivity contribution in [2.75, 3.05) is 7.11 Å². The third-order valence-electron chi connectivity index (χ3n) is 3.36. The highest BCUT2D eigenvalue weighted by Gasteiger charge is 2.72. The summed E-state index contributed by atoms with van der Waals surface area (Å²) in [5, 5.41) is -0.0430. The number of ketones is 1. The molecular formula is C11H16O5S. The Morgan fingerprint density at radius 3 is 2.53 bits per heavy atom. The topological polar surface area (TPSA) is 54.0 Å². The van der Waals surface area contributed by atoms with Crippen LogP contribution in [0.15, 0.2) is 0 Å². The number of thioether (sulfide) groups is 1. The molecule has 6 heteroatoms. The smallest absolute Gasteiger partial charge is 0.206 e. The van der Waals surface area contributed by atoms with Crippen LogP contribution in [0.4, 0.5) is 0 Å². The highest BCUT2D eigenvalue weighted by atomic mass is 32.2. The zero-order chi connectivity index (χ0) is 12.4. The largest absolute Gasteiger partial charge is 0.353 e. The van der Waals surface area contributed by atoms with Crippen LogP contribution in [0, 0.1) is 0 Å². The number of carbonyl (C=O) groups excluding carboxylic acids is 1. The van der Waals surface area contributed by atoms with Crippen molar-refractivity contribution in [3.63, 3.8) is 0 Å². The molecule has 3 fully saturated rings. The van der Waals surface area contributed by atoms with Gasteiger partial charge in [-0.2, -0.15) is 0 Å². The van der Waals surface area contributed by atoms with Gasteiger partial charge in [0, 0.05) is 7.11 Å². The molecule has 5 atom stereocenters. The Bertz CT molecular complexity index is 371. The molecule has 0 amide bonds. The SMILES string of the molecule is COC1O[C@]2(SC(C)C2=O)C2OC(C)(C)OC12. The Morgan fingerprint density at radius 2 is 2.00 bits per heavy atom. The fourth-order valence-corrected chi connectivity index (χ4v) is 4.04.